The number of nitrogen functional groups attached to an aromatic ring is 1. The molecule has 0 atom stereocenters. The predicted octanol–water partition coefficient (Wildman–Crippen LogP) is 1.00. The lowest BCUT2D eigenvalue weighted by Gasteiger charge is -2.01. The lowest BCUT2D eigenvalue weighted by molar-refractivity contribution is 0.423. The molecule has 4 nitrogen and oxygen atoms in total. The van der Waals surface area contributed by atoms with Gasteiger partial charge in [-0.05, 0) is 12.1 Å². The highest BCUT2D eigenvalue weighted by atomic mass is 32.3. The van der Waals surface area contributed by atoms with Crippen LogP contribution in [0.4, 0.5) is 14.0 Å². The van der Waals surface area contributed by atoms with E-state index in [1.165, 1.54) is 6.07 Å². The molecule has 1 rings (SSSR count). The van der Waals surface area contributed by atoms with Crippen molar-refractivity contribution in [2.75, 3.05) is 5.73 Å². The van der Waals surface area contributed by atoms with Crippen molar-refractivity contribution in [3.8, 4) is 5.75 Å². The zero-order valence-electron chi connectivity index (χ0n) is 6.20. The molecule has 0 saturated carbocycles. The van der Waals surface area contributed by atoms with E-state index in [1.54, 1.807) is 0 Å². The minimum atomic E-state index is -5.21. The Balaban J connectivity index is 3.08. The van der Waals surface area contributed by atoms with Crippen molar-refractivity contribution in [1.29, 1.82) is 0 Å². The average molecular weight is 209 g/mol. The van der Waals surface area contributed by atoms with Crippen molar-refractivity contribution in [3.05, 3.63) is 24.0 Å². The first-order valence-electron chi connectivity index (χ1n) is 3.07. The van der Waals surface area contributed by atoms with Gasteiger partial charge >= 0.3 is 10.5 Å². The van der Waals surface area contributed by atoms with Gasteiger partial charge in [-0.2, -0.15) is 8.42 Å². The Kier molecular flexibility index (Phi) is 2.37. The number of hydrogen-bond acceptors (Lipinski definition) is 4. The molecule has 0 saturated heterocycles. The van der Waals surface area contributed by atoms with Crippen molar-refractivity contribution in [3.63, 3.8) is 0 Å². The molecule has 0 radical (unpaired) electrons. The van der Waals surface area contributed by atoms with E-state index in [0.29, 0.717) is 0 Å². The smallest absolute Gasteiger partial charge is 0.399 e. The van der Waals surface area contributed by atoms with E-state index in [2.05, 4.69) is 4.18 Å². The van der Waals surface area contributed by atoms with E-state index in [9.17, 15) is 16.7 Å². The molecule has 0 aromatic heterocycles. The second kappa shape index (κ2) is 3.17. The van der Waals surface area contributed by atoms with Crippen LogP contribution in [-0.4, -0.2) is 8.42 Å². The monoisotopic (exact) mass is 209 g/mol. The van der Waals surface area contributed by atoms with E-state index in [1.807, 2.05) is 0 Å². The molecule has 0 unspecified atom stereocenters. The highest BCUT2D eigenvalue weighted by Crippen LogP contribution is 2.21. The molecule has 13 heavy (non-hydrogen) atoms. The van der Waals surface area contributed by atoms with Gasteiger partial charge in [-0.1, -0.05) is 3.89 Å². The quantitative estimate of drug-likeness (QED) is 0.582. The van der Waals surface area contributed by atoms with Crippen LogP contribution in [0.3, 0.4) is 0 Å². The number of rotatable bonds is 2. The maximum absolute atomic E-state index is 12.7. The van der Waals surface area contributed by atoms with Gasteiger partial charge in [-0.25, -0.2) is 4.39 Å². The van der Waals surface area contributed by atoms with Crippen LogP contribution in [0.1, 0.15) is 0 Å². The Bertz CT molecular complexity index is 418. The SMILES string of the molecule is Nc1ccc(F)c(OS(=O)(=O)F)c1. The van der Waals surface area contributed by atoms with Gasteiger partial charge in [-0.3, -0.25) is 0 Å². The van der Waals surface area contributed by atoms with Gasteiger partial charge < -0.3 is 9.92 Å². The molecule has 0 aliphatic heterocycles. The summed E-state index contributed by atoms with van der Waals surface area (Å²) in [6.07, 6.45) is 0. The van der Waals surface area contributed by atoms with Gasteiger partial charge in [0.1, 0.15) is 0 Å². The fraction of sp³-hybridized carbons (Fsp3) is 0. The summed E-state index contributed by atoms with van der Waals surface area (Å²) in [5, 5.41) is 0. The number of hydrogen-bond donors (Lipinski definition) is 1. The maximum atomic E-state index is 12.7. The fourth-order valence-corrected chi connectivity index (χ4v) is 1.03. The van der Waals surface area contributed by atoms with E-state index in [0.717, 1.165) is 12.1 Å². The topological polar surface area (TPSA) is 69.4 Å². The van der Waals surface area contributed by atoms with Crippen LogP contribution >= 0.6 is 0 Å². The summed E-state index contributed by atoms with van der Waals surface area (Å²) in [5.74, 6) is -1.77. The van der Waals surface area contributed by atoms with Gasteiger partial charge in [-0.15, -0.1) is 0 Å². The van der Waals surface area contributed by atoms with Crippen molar-refractivity contribution in [2.45, 2.75) is 0 Å². The van der Waals surface area contributed by atoms with E-state index in [-0.39, 0.29) is 5.69 Å². The third kappa shape index (κ3) is 2.86. The third-order valence-corrected chi connectivity index (χ3v) is 1.52. The van der Waals surface area contributed by atoms with Crippen LogP contribution in [0, 0.1) is 5.82 Å². The lowest BCUT2D eigenvalue weighted by Crippen LogP contribution is -2.03. The minimum absolute atomic E-state index is 0.0695. The second-order valence-corrected chi connectivity index (χ2v) is 3.12. The van der Waals surface area contributed by atoms with Gasteiger partial charge in [0.25, 0.3) is 0 Å². The van der Waals surface area contributed by atoms with Crippen LogP contribution in [0.15, 0.2) is 18.2 Å². The van der Waals surface area contributed by atoms with E-state index < -0.39 is 22.1 Å². The maximum Gasteiger partial charge on any atom is 0.488 e. The Labute approximate surface area is 73.3 Å². The van der Waals surface area contributed by atoms with Crippen LogP contribution in [-0.2, 0) is 10.5 Å². The van der Waals surface area contributed by atoms with Crippen molar-refractivity contribution in [1.82, 2.24) is 0 Å². The average Bonchev–Trinajstić information content (AvgIpc) is 1.94. The molecule has 0 fully saturated rings. The third-order valence-electron chi connectivity index (χ3n) is 1.14. The zero-order chi connectivity index (χ0) is 10.1. The highest BCUT2D eigenvalue weighted by molar-refractivity contribution is 7.81. The predicted molar refractivity (Wildman–Crippen MR) is 41.5 cm³/mol. The summed E-state index contributed by atoms with van der Waals surface area (Å²) in [6.45, 7) is 0. The van der Waals surface area contributed by atoms with Crippen LogP contribution in [0.2, 0.25) is 0 Å². The van der Waals surface area contributed by atoms with Crippen molar-refractivity contribution >= 4 is 16.2 Å². The molecular formula is C6H5F2NO3S. The largest absolute Gasteiger partial charge is 0.488 e. The molecular weight excluding hydrogens is 204 g/mol. The van der Waals surface area contributed by atoms with Crippen molar-refractivity contribution < 1.29 is 20.9 Å². The first-order chi connectivity index (χ1) is 5.88. The number of anilines is 1. The van der Waals surface area contributed by atoms with Crippen LogP contribution < -0.4 is 9.92 Å². The summed E-state index contributed by atoms with van der Waals surface area (Å²) in [7, 11) is -5.21. The fourth-order valence-electron chi connectivity index (χ4n) is 0.691. The van der Waals surface area contributed by atoms with Gasteiger partial charge in [0.2, 0.25) is 0 Å². The molecule has 0 aliphatic carbocycles. The molecule has 0 bridgehead atoms. The minimum Gasteiger partial charge on any atom is -0.399 e. The molecule has 72 valence electrons. The van der Waals surface area contributed by atoms with Crippen LogP contribution in [0.5, 0.6) is 5.75 Å². The standard InChI is InChI=1S/C6H5F2NO3S/c7-5-2-1-4(9)3-6(5)12-13(8,10)11/h1-3H,9H2. The first-order valence-corrected chi connectivity index (χ1v) is 4.38. The van der Waals surface area contributed by atoms with Crippen molar-refractivity contribution in [2.24, 2.45) is 0 Å². The van der Waals surface area contributed by atoms with Gasteiger partial charge in [0, 0.05) is 11.8 Å². The number of benzene rings is 1. The molecule has 0 aliphatic rings. The Morgan fingerprint density at radius 1 is 1.38 bits per heavy atom. The normalized spacial score (nSPS) is 11.2. The molecule has 1 aromatic carbocycles. The summed E-state index contributed by atoms with van der Waals surface area (Å²) in [6, 6.07) is 2.93. The molecule has 7 heteroatoms. The van der Waals surface area contributed by atoms with E-state index in [4.69, 9.17) is 5.73 Å². The summed E-state index contributed by atoms with van der Waals surface area (Å²) in [4.78, 5) is 0. The van der Waals surface area contributed by atoms with E-state index >= 15 is 0 Å². The molecule has 0 heterocycles. The molecule has 0 spiro atoms. The lowest BCUT2D eigenvalue weighted by atomic mass is 10.3. The molecule has 1 aromatic rings. The number of nitrogens with two attached hydrogens (primary N) is 1. The van der Waals surface area contributed by atoms with Crippen LogP contribution in [0.25, 0.3) is 0 Å². The first kappa shape index (κ1) is 9.72. The summed E-state index contributed by atoms with van der Waals surface area (Å²) >= 11 is 0. The second-order valence-electron chi connectivity index (χ2n) is 2.17. The molecule has 2 N–H and O–H groups in total. The van der Waals surface area contributed by atoms with Gasteiger partial charge in [0.15, 0.2) is 11.6 Å². The molecule has 0 amide bonds. The Morgan fingerprint density at radius 2 is 2.00 bits per heavy atom. The Morgan fingerprint density at radius 3 is 2.54 bits per heavy atom. The number of halogens is 2. The van der Waals surface area contributed by atoms with Gasteiger partial charge in [0.05, 0.1) is 0 Å². The highest BCUT2D eigenvalue weighted by Gasteiger charge is 2.13. The Hall–Kier alpha value is -1.37. The zero-order valence-corrected chi connectivity index (χ0v) is 7.01. The summed E-state index contributed by atoms with van der Waals surface area (Å²) in [5.41, 5.74) is 5.25. The summed E-state index contributed by atoms with van der Waals surface area (Å²) < 4.78 is 48.2.